The van der Waals surface area contributed by atoms with Crippen molar-refractivity contribution in [2.75, 3.05) is 20.8 Å². The quantitative estimate of drug-likeness (QED) is 0.410. The Kier molecular flexibility index (Phi) is 6.17. The van der Waals surface area contributed by atoms with Gasteiger partial charge in [0.2, 0.25) is 11.0 Å². The highest BCUT2D eigenvalue weighted by Gasteiger charge is 2.29. The predicted molar refractivity (Wildman–Crippen MR) is 129 cm³/mol. The number of fused-ring (bicyclic) bond motifs is 1. The lowest BCUT2D eigenvalue weighted by atomic mass is 10.1. The third kappa shape index (κ3) is 4.39. The van der Waals surface area contributed by atoms with Gasteiger partial charge in [-0.1, -0.05) is 35.5 Å². The lowest BCUT2D eigenvalue weighted by Crippen LogP contribution is -2.25. The van der Waals surface area contributed by atoms with E-state index in [9.17, 15) is 0 Å². The Morgan fingerprint density at radius 3 is 2.52 bits per heavy atom. The molecule has 0 spiro atoms. The molecule has 1 unspecified atom stereocenters. The maximum absolute atomic E-state index is 6.01. The molecule has 8 nitrogen and oxygen atoms in total. The van der Waals surface area contributed by atoms with Crippen LogP contribution >= 0.6 is 23.4 Å². The minimum Gasteiger partial charge on any atom is -0.497 e. The predicted octanol–water partition coefficient (Wildman–Crippen LogP) is 4.76. The molecule has 1 aliphatic rings. The van der Waals surface area contributed by atoms with Crippen molar-refractivity contribution < 1.29 is 9.47 Å². The summed E-state index contributed by atoms with van der Waals surface area (Å²) in [6, 6.07) is 17.4. The molecule has 33 heavy (non-hydrogen) atoms. The molecule has 0 fully saturated rings. The van der Waals surface area contributed by atoms with E-state index in [-0.39, 0.29) is 5.25 Å². The van der Waals surface area contributed by atoms with Crippen LogP contribution in [0.2, 0.25) is 5.02 Å². The van der Waals surface area contributed by atoms with E-state index in [0.29, 0.717) is 17.5 Å². The zero-order valence-corrected chi connectivity index (χ0v) is 19.6. The largest absolute Gasteiger partial charge is 0.497 e. The highest BCUT2D eigenvalue weighted by atomic mass is 35.5. The summed E-state index contributed by atoms with van der Waals surface area (Å²) in [6.07, 6.45) is 0.805. The number of nitrogens with one attached hydrogen (secondary N) is 1. The van der Waals surface area contributed by atoms with Crippen molar-refractivity contribution in [1.82, 2.24) is 25.1 Å². The number of aromatic nitrogens is 5. The lowest BCUT2D eigenvalue weighted by Gasteiger charge is -2.23. The van der Waals surface area contributed by atoms with Crippen molar-refractivity contribution >= 4 is 29.1 Å². The van der Waals surface area contributed by atoms with Gasteiger partial charge in [0.15, 0.2) is 0 Å². The van der Waals surface area contributed by atoms with Crippen molar-refractivity contribution in [3.63, 3.8) is 0 Å². The Bertz CT molecular complexity index is 1280. The zero-order valence-electron chi connectivity index (χ0n) is 18.0. The average Bonchev–Trinajstić information content (AvgIpc) is 3.49. The minimum atomic E-state index is 0.0919. The molecule has 0 saturated carbocycles. The van der Waals surface area contributed by atoms with Crippen molar-refractivity contribution in [2.45, 2.75) is 16.8 Å². The summed E-state index contributed by atoms with van der Waals surface area (Å²) >= 11 is 7.64. The number of aromatic amines is 1. The van der Waals surface area contributed by atoms with Gasteiger partial charge in [0.1, 0.15) is 11.4 Å². The summed E-state index contributed by atoms with van der Waals surface area (Å²) in [5.74, 6) is 1.40. The maximum atomic E-state index is 6.01. The summed E-state index contributed by atoms with van der Waals surface area (Å²) < 4.78 is 12.4. The molecule has 5 rings (SSSR count). The first-order chi connectivity index (χ1) is 16.2. The van der Waals surface area contributed by atoms with Crippen molar-refractivity contribution in [2.24, 2.45) is 5.10 Å². The molecule has 3 heterocycles. The summed E-state index contributed by atoms with van der Waals surface area (Å²) in [6.45, 7) is 0.624. The number of hydrogen-bond donors (Lipinski definition) is 1. The topological polar surface area (TPSA) is 90.2 Å². The van der Waals surface area contributed by atoms with Crippen LogP contribution in [0.1, 0.15) is 12.0 Å². The number of ether oxygens (including phenoxy) is 2. The molecule has 1 atom stereocenters. The number of benzene rings is 2. The van der Waals surface area contributed by atoms with Crippen LogP contribution in [0.25, 0.3) is 22.8 Å². The van der Waals surface area contributed by atoms with E-state index >= 15 is 0 Å². The van der Waals surface area contributed by atoms with E-state index in [0.717, 1.165) is 45.6 Å². The Hall–Kier alpha value is -3.14. The maximum Gasteiger partial charge on any atom is 0.213 e. The van der Waals surface area contributed by atoms with Crippen LogP contribution in [0.3, 0.4) is 0 Å². The van der Waals surface area contributed by atoms with Gasteiger partial charge in [-0.2, -0.15) is 14.9 Å². The summed E-state index contributed by atoms with van der Waals surface area (Å²) in [5, 5.41) is 22.8. The van der Waals surface area contributed by atoms with E-state index in [2.05, 4.69) is 20.4 Å². The molecule has 1 aliphatic heterocycles. The highest BCUT2D eigenvalue weighted by molar-refractivity contribution is 8.00. The Morgan fingerprint density at radius 1 is 1.03 bits per heavy atom. The van der Waals surface area contributed by atoms with E-state index in [4.69, 9.17) is 26.2 Å². The lowest BCUT2D eigenvalue weighted by molar-refractivity contribution is 0.197. The monoisotopic (exact) mass is 480 g/mol. The number of thioether (sulfide) groups is 1. The molecular weight excluding hydrogens is 460 g/mol. The molecule has 4 aromatic rings. The van der Waals surface area contributed by atoms with Gasteiger partial charge >= 0.3 is 0 Å². The van der Waals surface area contributed by atoms with Gasteiger partial charge in [0.05, 0.1) is 23.8 Å². The SMILES string of the molecule is COCCC1Sc2nnc(-c3cc(-c4ccc(Cl)cc4)n[nH]3)n2N=C1c1ccc(OC)cc1. The van der Waals surface area contributed by atoms with Crippen molar-refractivity contribution in [3.05, 3.63) is 65.2 Å². The van der Waals surface area contributed by atoms with Crippen LogP contribution in [0, 0.1) is 0 Å². The van der Waals surface area contributed by atoms with E-state index in [1.54, 1.807) is 30.7 Å². The van der Waals surface area contributed by atoms with E-state index < -0.39 is 0 Å². The van der Waals surface area contributed by atoms with Gasteiger partial charge < -0.3 is 9.47 Å². The fraction of sp³-hybridized carbons (Fsp3) is 0.217. The molecule has 0 bridgehead atoms. The fourth-order valence-electron chi connectivity index (χ4n) is 3.58. The normalized spacial score (nSPS) is 15.2. The van der Waals surface area contributed by atoms with Crippen molar-refractivity contribution in [1.29, 1.82) is 0 Å². The Labute approximate surface area is 200 Å². The third-order valence-corrected chi connectivity index (χ3v) is 6.76. The first kappa shape index (κ1) is 21.7. The van der Waals surface area contributed by atoms with Gasteiger partial charge in [-0.05, 0) is 54.4 Å². The number of nitrogens with zero attached hydrogens (tertiary/aromatic N) is 5. The average molecular weight is 481 g/mol. The van der Waals surface area contributed by atoms with E-state index in [1.807, 2.05) is 54.6 Å². The minimum absolute atomic E-state index is 0.0919. The molecule has 168 valence electrons. The molecule has 0 amide bonds. The summed E-state index contributed by atoms with van der Waals surface area (Å²) in [4.78, 5) is 0. The fourth-order valence-corrected chi connectivity index (χ4v) is 4.79. The second kappa shape index (κ2) is 9.38. The number of rotatable bonds is 7. The second-order valence-corrected chi connectivity index (χ2v) is 9.00. The first-order valence-electron chi connectivity index (χ1n) is 10.3. The molecule has 0 aliphatic carbocycles. The van der Waals surface area contributed by atoms with Crippen LogP contribution < -0.4 is 4.74 Å². The molecular formula is C23H21ClN6O2S. The molecule has 2 aromatic carbocycles. The highest BCUT2D eigenvalue weighted by Crippen LogP contribution is 2.35. The second-order valence-electron chi connectivity index (χ2n) is 7.39. The Balaban J connectivity index is 1.52. The number of methoxy groups -OCH3 is 2. The van der Waals surface area contributed by atoms with Crippen LogP contribution in [0.4, 0.5) is 0 Å². The van der Waals surface area contributed by atoms with Gasteiger partial charge in [-0.3, -0.25) is 5.10 Å². The van der Waals surface area contributed by atoms with Crippen LogP contribution in [0.5, 0.6) is 5.75 Å². The van der Waals surface area contributed by atoms with Crippen LogP contribution in [-0.4, -0.2) is 56.9 Å². The summed E-state index contributed by atoms with van der Waals surface area (Å²) in [5.41, 5.74) is 4.43. The molecule has 1 N–H and O–H groups in total. The summed E-state index contributed by atoms with van der Waals surface area (Å²) in [7, 11) is 3.36. The zero-order chi connectivity index (χ0) is 22.8. The smallest absolute Gasteiger partial charge is 0.213 e. The number of hydrogen-bond acceptors (Lipinski definition) is 7. The van der Waals surface area contributed by atoms with Crippen LogP contribution in [-0.2, 0) is 4.74 Å². The Morgan fingerprint density at radius 2 is 1.79 bits per heavy atom. The standard InChI is InChI=1S/C23H21ClN6O2S/c1-31-12-11-20-21(15-5-9-17(32-2)10-6-15)29-30-22(27-28-23(30)33-20)19-13-18(25-26-19)14-3-7-16(24)8-4-14/h3-10,13,20H,11-12H2,1-2H3,(H,25,26). The van der Waals surface area contributed by atoms with Crippen molar-refractivity contribution in [3.8, 4) is 28.5 Å². The molecule has 10 heteroatoms. The van der Waals surface area contributed by atoms with Crippen LogP contribution in [0.15, 0.2) is 64.9 Å². The third-order valence-electron chi connectivity index (χ3n) is 5.30. The number of H-pyrrole nitrogens is 1. The first-order valence-corrected chi connectivity index (χ1v) is 11.6. The molecule has 0 radical (unpaired) electrons. The molecule has 2 aromatic heterocycles. The molecule has 0 saturated heterocycles. The number of halogens is 1. The van der Waals surface area contributed by atoms with Gasteiger partial charge in [-0.15, -0.1) is 10.2 Å². The van der Waals surface area contributed by atoms with E-state index in [1.165, 1.54) is 0 Å². The van der Waals surface area contributed by atoms with Gasteiger partial charge in [-0.25, -0.2) is 0 Å². The van der Waals surface area contributed by atoms with Gasteiger partial charge in [0.25, 0.3) is 0 Å². The van der Waals surface area contributed by atoms with Gasteiger partial charge in [0, 0.05) is 24.3 Å².